The first kappa shape index (κ1) is 12.4. The van der Waals surface area contributed by atoms with Gasteiger partial charge in [0.1, 0.15) is 5.75 Å². The highest BCUT2D eigenvalue weighted by Crippen LogP contribution is 2.20. The van der Waals surface area contributed by atoms with Crippen LogP contribution >= 0.6 is 0 Å². The minimum Gasteiger partial charge on any atom is -0.497 e. The summed E-state index contributed by atoms with van der Waals surface area (Å²) < 4.78 is 5.25. The Morgan fingerprint density at radius 3 is 3.00 bits per heavy atom. The van der Waals surface area contributed by atoms with Crippen molar-refractivity contribution in [1.82, 2.24) is 4.90 Å². The van der Waals surface area contributed by atoms with E-state index in [1.165, 1.54) is 5.56 Å². The summed E-state index contributed by atoms with van der Waals surface area (Å²) in [6.07, 6.45) is 2.21. The topological polar surface area (TPSA) is 38.5 Å². The van der Waals surface area contributed by atoms with Gasteiger partial charge in [0.15, 0.2) is 0 Å². The molecule has 1 heterocycles. The van der Waals surface area contributed by atoms with Gasteiger partial charge in [0.2, 0.25) is 0 Å². The maximum atomic E-state index is 5.98. The van der Waals surface area contributed by atoms with Crippen LogP contribution in [0, 0.1) is 0 Å². The van der Waals surface area contributed by atoms with Gasteiger partial charge in [0.25, 0.3) is 0 Å². The number of piperidine rings is 1. The molecule has 1 aliphatic rings. The zero-order valence-corrected chi connectivity index (χ0v) is 10.7. The van der Waals surface area contributed by atoms with Crippen LogP contribution in [-0.2, 0) is 6.54 Å². The van der Waals surface area contributed by atoms with Crippen LogP contribution in [0.4, 0.5) is 0 Å². The molecular weight excluding hydrogens is 212 g/mol. The largest absolute Gasteiger partial charge is 0.497 e. The Balaban J connectivity index is 2.00. The van der Waals surface area contributed by atoms with Gasteiger partial charge in [-0.25, -0.2) is 0 Å². The number of nitrogens with zero attached hydrogens (tertiary/aromatic N) is 1. The smallest absolute Gasteiger partial charge is 0.119 e. The lowest BCUT2D eigenvalue weighted by atomic mass is 9.98. The van der Waals surface area contributed by atoms with E-state index in [1.54, 1.807) is 7.11 Å². The molecule has 0 spiro atoms. The maximum Gasteiger partial charge on any atom is 0.119 e. The molecular formula is C14H22N2O. The van der Waals surface area contributed by atoms with Gasteiger partial charge >= 0.3 is 0 Å². The average Bonchev–Trinajstić information content (AvgIpc) is 2.33. The second-order valence-electron chi connectivity index (χ2n) is 4.96. The molecule has 2 N–H and O–H groups in total. The fourth-order valence-electron chi connectivity index (χ4n) is 2.50. The zero-order valence-electron chi connectivity index (χ0n) is 10.7. The number of hydrogen-bond donors (Lipinski definition) is 1. The van der Waals surface area contributed by atoms with Crippen molar-refractivity contribution in [3.05, 3.63) is 29.8 Å². The minimum absolute atomic E-state index is 0.381. The third-order valence-corrected chi connectivity index (χ3v) is 3.57. The quantitative estimate of drug-likeness (QED) is 0.869. The summed E-state index contributed by atoms with van der Waals surface area (Å²) in [7, 11) is 1.71. The van der Waals surface area contributed by atoms with E-state index in [2.05, 4.69) is 30.0 Å². The zero-order chi connectivity index (χ0) is 12.3. The predicted molar refractivity (Wildman–Crippen MR) is 70.1 cm³/mol. The van der Waals surface area contributed by atoms with E-state index in [9.17, 15) is 0 Å². The van der Waals surface area contributed by atoms with E-state index in [0.29, 0.717) is 12.1 Å². The van der Waals surface area contributed by atoms with Crippen molar-refractivity contribution in [1.29, 1.82) is 0 Å². The maximum absolute atomic E-state index is 5.98. The van der Waals surface area contributed by atoms with Crippen LogP contribution in [0.5, 0.6) is 5.75 Å². The molecule has 1 aromatic carbocycles. The minimum atomic E-state index is 0.381. The summed E-state index contributed by atoms with van der Waals surface area (Å²) in [6.45, 7) is 4.35. The highest BCUT2D eigenvalue weighted by atomic mass is 16.5. The highest BCUT2D eigenvalue weighted by Gasteiger charge is 2.22. The number of ether oxygens (including phenoxy) is 1. The molecule has 0 aliphatic carbocycles. The molecule has 1 aliphatic heterocycles. The lowest BCUT2D eigenvalue weighted by Gasteiger charge is -2.36. The first-order valence-corrected chi connectivity index (χ1v) is 6.31. The van der Waals surface area contributed by atoms with E-state index in [0.717, 1.165) is 31.7 Å². The second kappa shape index (κ2) is 5.52. The van der Waals surface area contributed by atoms with Crippen molar-refractivity contribution in [2.75, 3.05) is 13.7 Å². The SMILES string of the molecule is COc1cccc(CN2CCC(N)CC2C)c1. The highest BCUT2D eigenvalue weighted by molar-refractivity contribution is 5.28. The summed E-state index contributed by atoms with van der Waals surface area (Å²) >= 11 is 0. The Hall–Kier alpha value is -1.06. The first-order valence-electron chi connectivity index (χ1n) is 6.31. The Bertz CT molecular complexity index is 367. The van der Waals surface area contributed by atoms with Crippen LogP contribution in [0.25, 0.3) is 0 Å². The fourth-order valence-corrected chi connectivity index (χ4v) is 2.50. The van der Waals surface area contributed by atoms with Crippen LogP contribution in [-0.4, -0.2) is 30.6 Å². The van der Waals surface area contributed by atoms with Gasteiger partial charge in [-0.3, -0.25) is 4.90 Å². The lowest BCUT2D eigenvalue weighted by Crippen LogP contribution is -2.44. The molecule has 1 fully saturated rings. The van der Waals surface area contributed by atoms with E-state index >= 15 is 0 Å². The van der Waals surface area contributed by atoms with Gasteiger partial charge in [0.05, 0.1) is 7.11 Å². The molecule has 3 nitrogen and oxygen atoms in total. The van der Waals surface area contributed by atoms with E-state index in [-0.39, 0.29) is 0 Å². The molecule has 0 amide bonds. The van der Waals surface area contributed by atoms with Crippen molar-refractivity contribution < 1.29 is 4.74 Å². The number of benzene rings is 1. The molecule has 3 heteroatoms. The normalized spacial score (nSPS) is 25.8. The van der Waals surface area contributed by atoms with Crippen LogP contribution < -0.4 is 10.5 Å². The number of methoxy groups -OCH3 is 1. The molecule has 1 saturated heterocycles. The number of rotatable bonds is 3. The molecule has 0 bridgehead atoms. The summed E-state index contributed by atoms with van der Waals surface area (Å²) in [5, 5.41) is 0. The van der Waals surface area contributed by atoms with Crippen molar-refractivity contribution in [2.45, 2.75) is 38.4 Å². The third kappa shape index (κ3) is 3.20. The second-order valence-corrected chi connectivity index (χ2v) is 4.96. The molecule has 94 valence electrons. The van der Waals surface area contributed by atoms with E-state index in [4.69, 9.17) is 10.5 Å². The summed E-state index contributed by atoms with van der Waals surface area (Å²) in [4.78, 5) is 2.50. The number of likely N-dealkylation sites (tertiary alicyclic amines) is 1. The standard InChI is InChI=1S/C14H22N2O/c1-11-8-13(15)6-7-16(11)10-12-4-3-5-14(9-12)17-2/h3-5,9,11,13H,6-8,10,15H2,1-2H3. The molecule has 2 unspecified atom stereocenters. The van der Waals surface area contributed by atoms with Crippen LogP contribution in [0.3, 0.4) is 0 Å². The summed E-state index contributed by atoms with van der Waals surface area (Å²) in [6, 6.07) is 9.26. The number of nitrogens with two attached hydrogens (primary N) is 1. The third-order valence-electron chi connectivity index (χ3n) is 3.57. The molecule has 2 rings (SSSR count). The van der Waals surface area contributed by atoms with Gasteiger partial charge in [-0.15, -0.1) is 0 Å². The van der Waals surface area contributed by atoms with Crippen molar-refractivity contribution >= 4 is 0 Å². The molecule has 0 radical (unpaired) electrons. The van der Waals surface area contributed by atoms with Gasteiger partial charge < -0.3 is 10.5 Å². The van der Waals surface area contributed by atoms with Crippen LogP contribution in [0.1, 0.15) is 25.3 Å². The fraction of sp³-hybridized carbons (Fsp3) is 0.571. The summed E-state index contributed by atoms with van der Waals surface area (Å²) in [5.41, 5.74) is 7.29. The molecule has 2 atom stereocenters. The van der Waals surface area contributed by atoms with Gasteiger partial charge in [-0.1, -0.05) is 12.1 Å². The van der Waals surface area contributed by atoms with Crippen molar-refractivity contribution in [3.63, 3.8) is 0 Å². The molecule has 1 aromatic rings. The van der Waals surface area contributed by atoms with Gasteiger partial charge in [-0.2, -0.15) is 0 Å². The molecule has 17 heavy (non-hydrogen) atoms. The Labute approximate surface area is 104 Å². The Morgan fingerprint density at radius 2 is 2.29 bits per heavy atom. The summed E-state index contributed by atoms with van der Waals surface area (Å²) in [5.74, 6) is 0.934. The van der Waals surface area contributed by atoms with Crippen molar-refractivity contribution in [2.24, 2.45) is 5.73 Å². The van der Waals surface area contributed by atoms with Crippen LogP contribution in [0.15, 0.2) is 24.3 Å². The van der Waals surface area contributed by atoms with Crippen LogP contribution in [0.2, 0.25) is 0 Å². The van der Waals surface area contributed by atoms with E-state index in [1.807, 2.05) is 6.07 Å². The van der Waals surface area contributed by atoms with Gasteiger partial charge in [-0.05, 0) is 37.5 Å². The molecule has 0 saturated carbocycles. The van der Waals surface area contributed by atoms with Gasteiger partial charge in [0, 0.05) is 25.2 Å². The molecule has 0 aromatic heterocycles. The lowest BCUT2D eigenvalue weighted by molar-refractivity contribution is 0.140. The Kier molecular flexibility index (Phi) is 4.02. The number of hydrogen-bond acceptors (Lipinski definition) is 3. The van der Waals surface area contributed by atoms with Crippen molar-refractivity contribution in [3.8, 4) is 5.75 Å². The first-order chi connectivity index (χ1) is 8.19. The predicted octanol–water partition coefficient (Wildman–Crippen LogP) is 2.01. The van der Waals surface area contributed by atoms with E-state index < -0.39 is 0 Å². The average molecular weight is 234 g/mol. The Morgan fingerprint density at radius 1 is 1.47 bits per heavy atom. The monoisotopic (exact) mass is 234 g/mol.